The third-order valence-corrected chi connectivity index (χ3v) is 5.00. The van der Waals surface area contributed by atoms with Gasteiger partial charge in [0.15, 0.2) is 0 Å². The van der Waals surface area contributed by atoms with E-state index in [2.05, 4.69) is 81.1 Å². The lowest BCUT2D eigenvalue weighted by Crippen LogP contribution is -2.40. The van der Waals surface area contributed by atoms with Crippen molar-refractivity contribution in [3.63, 3.8) is 0 Å². The smallest absolute Gasteiger partial charge is 0.0386 e. The van der Waals surface area contributed by atoms with Crippen LogP contribution in [-0.2, 0) is 0 Å². The molecule has 1 atom stereocenters. The number of rotatable bonds is 8. The lowest BCUT2D eigenvalue weighted by molar-refractivity contribution is 0.565. The molecule has 30 heavy (non-hydrogen) atoms. The number of nitrogens with zero attached hydrogens (tertiary/aromatic N) is 1. The summed E-state index contributed by atoms with van der Waals surface area (Å²) in [5.74, 6) is 0. The summed E-state index contributed by atoms with van der Waals surface area (Å²) >= 11 is 0. The van der Waals surface area contributed by atoms with Crippen molar-refractivity contribution >= 4 is 5.69 Å². The van der Waals surface area contributed by atoms with Gasteiger partial charge in [0.1, 0.15) is 0 Å². The third-order valence-electron chi connectivity index (χ3n) is 5.00. The molecular weight excluding hydrogens is 370 g/mol. The first-order chi connectivity index (χ1) is 14.3. The van der Waals surface area contributed by atoms with Crippen molar-refractivity contribution in [3.8, 4) is 0 Å². The predicted molar refractivity (Wildman–Crippen MR) is 134 cm³/mol. The van der Waals surface area contributed by atoms with Crippen molar-refractivity contribution in [3.05, 3.63) is 66.2 Å². The van der Waals surface area contributed by atoms with Gasteiger partial charge in [-0.05, 0) is 83.3 Å². The highest BCUT2D eigenvalue weighted by Gasteiger charge is 2.12. The van der Waals surface area contributed by atoms with Gasteiger partial charge in [0, 0.05) is 36.2 Å². The standard InChI is InChI=1S/C15H26N2.C8H14N2.C2H5N/c1-5-11-16-12-14(4)17(6-2)15-9-7-13(3)8-10-15;1-6(9)7-4-2-3-5-8(7)10;1-2-3/h7-10,14,16H,5-6,11-12H2,1-4H3;1-5,9-10H2;2H,1,3H2. The molecule has 0 aliphatic heterocycles. The summed E-state index contributed by atoms with van der Waals surface area (Å²) in [6, 6.07) is 9.34. The van der Waals surface area contributed by atoms with Crippen molar-refractivity contribution in [1.82, 2.24) is 5.32 Å². The SMILES string of the molecule is C=C(N)C1=C(N)CCCC1.C=CN.CCCNCC(C)N(CC)c1ccc(C)cc1. The number of nitrogens with two attached hydrogens (primary N) is 3. The van der Waals surface area contributed by atoms with E-state index in [1.165, 1.54) is 36.7 Å². The first kappa shape index (κ1) is 27.6. The Hall–Kier alpha value is -2.40. The predicted octanol–water partition coefficient (Wildman–Crippen LogP) is 4.54. The Labute approximate surface area is 185 Å². The van der Waals surface area contributed by atoms with Crippen molar-refractivity contribution in [2.24, 2.45) is 17.2 Å². The molecule has 1 aliphatic carbocycles. The monoisotopic (exact) mass is 415 g/mol. The van der Waals surface area contributed by atoms with E-state index in [4.69, 9.17) is 11.5 Å². The highest BCUT2D eigenvalue weighted by molar-refractivity contribution is 5.48. The Balaban J connectivity index is 0.000000546. The van der Waals surface area contributed by atoms with Crippen LogP contribution in [0.15, 0.2) is 60.6 Å². The van der Waals surface area contributed by atoms with E-state index in [-0.39, 0.29) is 0 Å². The molecule has 0 fully saturated rings. The van der Waals surface area contributed by atoms with Gasteiger partial charge in [-0.1, -0.05) is 37.8 Å². The van der Waals surface area contributed by atoms with Crippen LogP contribution in [0.25, 0.3) is 0 Å². The maximum absolute atomic E-state index is 5.72. The van der Waals surface area contributed by atoms with Crippen molar-refractivity contribution in [2.75, 3.05) is 24.5 Å². The van der Waals surface area contributed by atoms with Crippen molar-refractivity contribution < 1.29 is 0 Å². The normalized spacial score (nSPS) is 13.9. The molecule has 7 N–H and O–H groups in total. The minimum Gasteiger partial charge on any atom is -0.405 e. The van der Waals surface area contributed by atoms with E-state index in [9.17, 15) is 0 Å². The molecule has 170 valence electrons. The molecule has 0 amide bonds. The van der Waals surface area contributed by atoms with Crippen LogP contribution in [-0.4, -0.2) is 25.7 Å². The van der Waals surface area contributed by atoms with Gasteiger partial charge < -0.3 is 27.4 Å². The molecule has 1 aromatic rings. The Morgan fingerprint density at radius 3 is 2.20 bits per heavy atom. The fraction of sp³-hybridized carbons (Fsp3) is 0.520. The zero-order valence-electron chi connectivity index (χ0n) is 19.7. The summed E-state index contributed by atoms with van der Waals surface area (Å²) in [5, 5.41) is 3.49. The number of anilines is 1. The summed E-state index contributed by atoms with van der Waals surface area (Å²) in [5.41, 5.74) is 21.2. The average Bonchev–Trinajstić information content (AvgIpc) is 2.71. The maximum atomic E-state index is 5.72. The van der Waals surface area contributed by atoms with Crippen molar-refractivity contribution in [2.45, 2.75) is 65.8 Å². The first-order valence-electron chi connectivity index (χ1n) is 11.1. The Kier molecular flexibility index (Phi) is 15.1. The zero-order chi connectivity index (χ0) is 22.9. The van der Waals surface area contributed by atoms with Crippen LogP contribution in [0.3, 0.4) is 0 Å². The van der Waals surface area contributed by atoms with Gasteiger partial charge in [-0.25, -0.2) is 0 Å². The van der Waals surface area contributed by atoms with Crippen LogP contribution in [0, 0.1) is 6.92 Å². The minimum absolute atomic E-state index is 0.536. The van der Waals surface area contributed by atoms with E-state index >= 15 is 0 Å². The van der Waals surface area contributed by atoms with Gasteiger partial charge in [0.2, 0.25) is 0 Å². The Bertz CT molecular complexity index is 633. The van der Waals surface area contributed by atoms with Gasteiger partial charge in [-0.15, -0.1) is 0 Å². The largest absolute Gasteiger partial charge is 0.405 e. The molecule has 0 aromatic heterocycles. The summed E-state index contributed by atoms with van der Waals surface area (Å²) in [4.78, 5) is 2.45. The summed E-state index contributed by atoms with van der Waals surface area (Å²) in [7, 11) is 0. The second-order valence-corrected chi connectivity index (χ2v) is 7.65. The van der Waals surface area contributed by atoms with Gasteiger partial charge in [0.25, 0.3) is 0 Å². The number of aryl methyl sites for hydroxylation is 1. The fourth-order valence-corrected chi connectivity index (χ4v) is 3.38. The van der Waals surface area contributed by atoms with E-state index in [1.807, 2.05) is 0 Å². The lowest BCUT2D eigenvalue weighted by Gasteiger charge is -2.30. The average molecular weight is 416 g/mol. The van der Waals surface area contributed by atoms with E-state index < -0.39 is 0 Å². The molecule has 0 heterocycles. The summed E-state index contributed by atoms with van der Waals surface area (Å²) < 4.78 is 0. The van der Waals surface area contributed by atoms with Crippen LogP contribution >= 0.6 is 0 Å². The van der Waals surface area contributed by atoms with Crippen LogP contribution in [0.1, 0.15) is 58.4 Å². The summed E-state index contributed by atoms with van der Waals surface area (Å²) in [6.45, 7) is 18.9. The van der Waals surface area contributed by atoms with Gasteiger partial charge in [0.05, 0.1) is 0 Å². The molecule has 0 spiro atoms. The van der Waals surface area contributed by atoms with Crippen LogP contribution in [0.4, 0.5) is 5.69 Å². The number of benzene rings is 1. The summed E-state index contributed by atoms with van der Waals surface area (Å²) in [6.07, 6.45) is 6.85. The Morgan fingerprint density at radius 2 is 1.77 bits per heavy atom. The molecule has 0 saturated carbocycles. The Morgan fingerprint density at radius 1 is 1.20 bits per heavy atom. The first-order valence-corrected chi connectivity index (χ1v) is 11.1. The van der Waals surface area contributed by atoms with Crippen LogP contribution in [0.2, 0.25) is 0 Å². The lowest BCUT2D eigenvalue weighted by atomic mass is 9.95. The number of nitrogens with one attached hydrogen (secondary N) is 1. The molecule has 0 bridgehead atoms. The number of likely N-dealkylation sites (N-methyl/N-ethyl adjacent to an activating group) is 1. The van der Waals surface area contributed by atoms with E-state index in [1.54, 1.807) is 0 Å². The molecule has 5 heteroatoms. The van der Waals surface area contributed by atoms with Gasteiger partial charge >= 0.3 is 0 Å². The van der Waals surface area contributed by atoms with E-state index in [0.29, 0.717) is 11.7 Å². The number of hydrogen-bond donors (Lipinski definition) is 4. The topological polar surface area (TPSA) is 93.3 Å². The fourth-order valence-electron chi connectivity index (χ4n) is 3.38. The minimum atomic E-state index is 0.536. The van der Waals surface area contributed by atoms with Crippen LogP contribution in [0.5, 0.6) is 0 Å². The number of hydrogen-bond acceptors (Lipinski definition) is 5. The van der Waals surface area contributed by atoms with Gasteiger partial charge in [-0.3, -0.25) is 0 Å². The van der Waals surface area contributed by atoms with Gasteiger partial charge in [-0.2, -0.15) is 0 Å². The van der Waals surface area contributed by atoms with Crippen LogP contribution < -0.4 is 27.4 Å². The zero-order valence-corrected chi connectivity index (χ0v) is 19.7. The van der Waals surface area contributed by atoms with E-state index in [0.717, 1.165) is 43.7 Å². The molecule has 0 saturated heterocycles. The third kappa shape index (κ3) is 11.0. The highest BCUT2D eigenvalue weighted by Crippen LogP contribution is 2.23. The highest BCUT2D eigenvalue weighted by atomic mass is 15.2. The second kappa shape index (κ2) is 16.4. The molecule has 2 rings (SSSR count). The molecule has 1 unspecified atom stereocenters. The molecular formula is C25H45N5. The van der Waals surface area contributed by atoms with Crippen molar-refractivity contribution in [1.29, 1.82) is 0 Å². The molecule has 0 radical (unpaired) electrons. The second-order valence-electron chi connectivity index (χ2n) is 7.65. The number of allylic oxidation sites excluding steroid dienone is 2. The molecule has 5 nitrogen and oxygen atoms in total. The quantitative estimate of drug-likeness (QED) is 0.468. The molecule has 1 aromatic carbocycles. The maximum Gasteiger partial charge on any atom is 0.0386 e. The molecule has 1 aliphatic rings.